The van der Waals surface area contributed by atoms with Gasteiger partial charge in [-0.1, -0.05) is 0 Å². The minimum atomic E-state index is -3.72. The molecule has 7 heteroatoms. The first-order chi connectivity index (χ1) is 9.79. The lowest BCUT2D eigenvalue weighted by Crippen LogP contribution is -2.08. The summed E-state index contributed by atoms with van der Waals surface area (Å²) in [5.41, 5.74) is 2.57. The van der Waals surface area contributed by atoms with Gasteiger partial charge in [-0.25, -0.2) is 8.42 Å². The summed E-state index contributed by atoms with van der Waals surface area (Å²) >= 11 is 0. The number of benzene rings is 1. The Hall–Kier alpha value is -1.53. The fraction of sp³-hybridized carbons (Fsp3) is 0.357. The monoisotopic (exact) mass is 328 g/mol. The average Bonchev–Trinajstić information content (AvgIpc) is 2.77. The maximum Gasteiger partial charge on any atom is 0.261 e. The van der Waals surface area contributed by atoms with Gasteiger partial charge in [-0.05, 0) is 43.2 Å². The van der Waals surface area contributed by atoms with Crippen LogP contribution in [0.4, 0.5) is 0 Å². The molecule has 0 bridgehead atoms. The molecular formula is C14H17ClN2O3S. The lowest BCUT2D eigenvalue weighted by molar-refractivity contribution is 0.314. The summed E-state index contributed by atoms with van der Waals surface area (Å²) in [6.45, 7) is 4.10. The van der Waals surface area contributed by atoms with E-state index >= 15 is 0 Å². The minimum absolute atomic E-state index is 0.0955. The summed E-state index contributed by atoms with van der Waals surface area (Å²) in [5, 5.41) is 4.10. The molecule has 21 heavy (non-hydrogen) atoms. The van der Waals surface area contributed by atoms with Gasteiger partial charge in [-0.2, -0.15) is 5.10 Å². The van der Waals surface area contributed by atoms with Crippen LogP contribution in [0.5, 0.6) is 5.75 Å². The second kappa shape index (κ2) is 6.07. The summed E-state index contributed by atoms with van der Waals surface area (Å²) in [4.78, 5) is 0.0955. The van der Waals surface area contributed by atoms with Crippen molar-refractivity contribution < 1.29 is 13.2 Å². The van der Waals surface area contributed by atoms with Crippen molar-refractivity contribution in [2.45, 2.75) is 25.2 Å². The van der Waals surface area contributed by atoms with Gasteiger partial charge in [-0.3, -0.25) is 4.68 Å². The van der Waals surface area contributed by atoms with E-state index in [0.717, 1.165) is 23.2 Å². The summed E-state index contributed by atoms with van der Waals surface area (Å²) < 4.78 is 30.3. The summed E-state index contributed by atoms with van der Waals surface area (Å²) in [6, 6.07) is 4.98. The third kappa shape index (κ3) is 3.77. The van der Waals surface area contributed by atoms with E-state index in [4.69, 9.17) is 15.4 Å². The van der Waals surface area contributed by atoms with Gasteiger partial charge < -0.3 is 4.74 Å². The third-order valence-corrected chi connectivity index (χ3v) is 4.58. The summed E-state index contributed by atoms with van der Waals surface area (Å²) in [6.07, 6.45) is 2.47. The Bertz CT molecular complexity index is 730. The van der Waals surface area contributed by atoms with Gasteiger partial charge in [0.15, 0.2) is 0 Å². The van der Waals surface area contributed by atoms with Crippen molar-refractivity contribution >= 4 is 19.7 Å². The average molecular weight is 329 g/mol. The molecule has 2 aromatic rings. The van der Waals surface area contributed by atoms with Gasteiger partial charge in [0.05, 0.1) is 11.5 Å². The molecule has 0 N–H and O–H groups in total. The Morgan fingerprint density at radius 3 is 2.38 bits per heavy atom. The number of aryl methyl sites for hydroxylation is 3. The first-order valence-corrected chi connectivity index (χ1v) is 8.75. The molecule has 0 fully saturated rings. The zero-order valence-corrected chi connectivity index (χ0v) is 13.7. The molecule has 0 aliphatic rings. The smallest absolute Gasteiger partial charge is 0.261 e. The molecule has 0 aliphatic carbocycles. The van der Waals surface area contributed by atoms with Crippen molar-refractivity contribution in [2.75, 3.05) is 6.61 Å². The van der Waals surface area contributed by atoms with Crippen LogP contribution in [0.25, 0.3) is 0 Å². The molecule has 0 spiro atoms. The Kier molecular flexibility index (Phi) is 4.58. The summed E-state index contributed by atoms with van der Waals surface area (Å²) in [5.74, 6) is 0.696. The lowest BCUT2D eigenvalue weighted by atomic mass is 10.1. The largest absolute Gasteiger partial charge is 0.493 e. The lowest BCUT2D eigenvalue weighted by Gasteiger charge is -2.13. The SMILES string of the molecule is Cc1cc(S(=O)(=O)Cl)cc(C)c1OCCc1ccnn1C. The van der Waals surface area contributed by atoms with Crippen molar-refractivity contribution in [1.29, 1.82) is 0 Å². The number of rotatable bonds is 5. The molecule has 0 radical (unpaired) electrons. The second-order valence-corrected chi connectivity index (χ2v) is 7.43. The molecular weight excluding hydrogens is 312 g/mol. The number of hydrogen-bond donors (Lipinski definition) is 0. The highest BCUT2D eigenvalue weighted by molar-refractivity contribution is 8.13. The van der Waals surface area contributed by atoms with E-state index in [-0.39, 0.29) is 4.90 Å². The van der Waals surface area contributed by atoms with Gasteiger partial charge in [0, 0.05) is 36.0 Å². The Morgan fingerprint density at radius 1 is 1.29 bits per heavy atom. The van der Waals surface area contributed by atoms with Crippen molar-refractivity contribution in [1.82, 2.24) is 9.78 Å². The quantitative estimate of drug-likeness (QED) is 0.791. The van der Waals surface area contributed by atoms with Crippen LogP contribution in [0.15, 0.2) is 29.3 Å². The van der Waals surface area contributed by atoms with Crippen LogP contribution in [-0.2, 0) is 22.5 Å². The minimum Gasteiger partial charge on any atom is -0.493 e. The predicted octanol–water partition coefficient (Wildman–Crippen LogP) is 2.59. The van der Waals surface area contributed by atoms with Gasteiger partial charge in [0.2, 0.25) is 0 Å². The van der Waals surface area contributed by atoms with Crippen LogP contribution in [0, 0.1) is 13.8 Å². The Morgan fingerprint density at radius 2 is 1.90 bits per heavy atom. The molecule has 0 atom stereocenters. The first-order valence-electron chi connectivity index (χ1n) is 6.44. The highest BCUT2D eigenvalue weighted by Crippen LogP contribution is 2.28. The van der Waals surface area contributed by atoms with Crippen LogP contribution in [-0.4, -0.2) is 24.8 Å². The number of aromatic nitrogens is 2. The molecule has 1 aromatic heterocycles. The van der Waals surface area contributed by atoms with Crippen molar-refractivity contribution in [2.24, 2.45) is 7.05 Å². The van der Waals surface area contributed by atoms with E-state index in [1.807, 2.05) is 13.1 Å². The molecule has 114 valence electrons. The maximum absolute atomic E-state index is 11.4. The fourth-order valence-corrected chi connectivity index (χ4v) is 3.09. The van der Waals surface area contributed by atoms with Gasteiger partial charge in [0.25, 0.3) is 9.05 Å². The van der Waals surface area contributed by atoms with Gasteiger partial charge in [0.1, 0.15) is 5.75 Å². The van der Waals surface area contributed by atoms with E-state index < -0.39 is 9.05 Å². The first kappa shape index (κ1) is 15.9. The van der Waals surface area contributed by atoms with E-state index in [2.05, 4.69) is 5.10 Å². The topological polar surface area (TPSA) is 61.2 Å². The van der Waals surface area contributed by atoms with E-state index in [0.29, 0.717) is 12.4 Å². The van der Waals surface area contributed by atoms with E-state index in [1.54, 1.807) is 24.7 Å². The van der Waals surface area contributed by atoms with Crippen LogP contribution in [0.1, 0.15) is 16.8 Å². The third-order valence-electron chi connectivity index (χ3n) is 3.24. The van der Waals surface area contributed by atoms with Crippen LogP contribution < -0.4 is 4.74 Å². The van der Waals surface area contributed by atoms with Gasteiger partial charge >= 0.3 is 0 Å². The van der Waals surface area contributed by atoms with Crippen molar-refractivity contribution in [3.8, 4) is 5.75 Å². The van der Waals surface area contributed by atoms with Crippen LogP contribution in [0.2, 0.25) is 0 Å². The summed E-state index contributed by atoms with van der Waals surface area (Å²) in [7, 11) is 3.53. The highest BCUT2D eigenvalue weighted by atomic mass is 35.7. The fourth-order valence-electron chi connectivity index (χ4n) is 2.18. The molecule has 1 heterocycles. The standard InChI is InChI=1S/C14H17ClN2O3S/c1-10-8-13(21(15,18)19)9-11(2)14(10)20-7-5-12-4-6-16-17(12)3/h4,6,8-9H,5,7H2,1-3H3. The van der Waals surface area contributed by atoms with Gasteiger partial charge in [-0.15, -0.1) is 0 Å². The molecule has 1 aromatic carbocycles. The van der Waals surface area contributed by atoms with Crippen LogP contribution >= 0.6 is 10.7 Å². The van der Waals surface area contributed by atoms with Crippen molar-refractivity contribution in [3.05, 3.63) is 41.2 Å². The molecule has 0 unspecified atom stereocenters. The normalized spacial score (nSPS) is 11.6. The van der Waals surface area contributed by atoms with E-state index in [9.17, 15) is 8.42 Å². The van der Waals surface area contributed by atoms with Crippen molar-refractivity contribution in [3.63, 3.8) is 0 Å². The molecule has 0 aliphatic heterocycles. The Labute approximate surface area is 128 Å². The van der Waals surface area contributed by atoms with Crippen LogP contribution in [0.3, 0.4) is 0 Å². The predicted molar refractivity (Wildman–Crippen MR) is 81.4 cm³/mol. The molecule has 0 saturated heterocycles. The number of hydrogen-bond acceptors (Lipinski definition) is 4. The number of halogens is 1. The molecule has 0 amide bonds. The zero-order chi connectivity index (χ0) is 15.6. The number of nitrogens with zero attached hydrogens (tertiary/aromatic N) is 2. The Balaban J connectivity index is 2.12. The zero-order valence-electron chi connectivity index (χ0n) is 12.1. The van der Waals surface area contributed by atoms with E-state index in [1.165, 1.54) is 12.1 Å². The maximum atomic E-state index is 11.4. The second-order valence-electron chi connectivity index (χ2n) is 4.87. The molecule has 2 rings (SSSR count). The number of ether oxygens (including phenoxy) is 1. The molecule has 5 nitrogen and oxygen atoms in total. The molecule has 0 saturated carbocycles. The highest BCUT2D eigenvalue weighted by Gasteiger charge is 2.14.